The van der Waals surface area contributed by atoms with E-state index in [1.807, 2.05) is 99.1 Å². The zero-order valence-corrected chi connectivity index (χ0v) is 35.9. The molecule has 6 aliphatic rings. The van der Waals surface area contributed by atoms with Gasteiger partial charge in [-0.3, -0.25) is 4.79 Å². The normalized spacial score (nSPS) is 21.3. The third kappa shape index (κ3) is 10.4. The van der Waals surface area contributed by atoms with Gasteiger partial charge >= 0.3 is 5.97 Å². The van der Waals surface area contributed by atoms with Gasteiger partial charge in [0, 0.05) is 59.9 Å². The van der Waals surface area contributed by atoms with E-state index >= 15 is 0 Å². The molecule has 2 N–H and O–H groups in total. The average molecular weight is 845 g/mol. The van der Waals surface area contributed by atoms with Gasteiger partial charge in [0.2, 0.25) is 0 Å². The molecule has 2 unspecified atom stereocenters. The first-order valence-corrected chi connectivity index (χ1v) is 22.6. The molecule has 0 aromatic heterocycles. The summed E-state index contributed by atoms with van der Waals surface area (Å²) in [7, 11) is -2.19. The predicted octanol–water partition coefficient (Wildman–Crippen LogP) is 9.11. The van der Waals surface area contributed by atoms with Gasteiger partial charge in [-0.2, -0.15) is 0 Å². The van der Waals surface area contributed by atoms with E-state index < -0.39 is 10.1 Å². The highest BCUT2D eigenvalue weighted by Crippen LogP contribution is 2.46. The number of carbonyl (C=O) groups is 1. The highest BCUT2D eigenvalue weighted by atomic mass is 32.2. The molecule has 8 rings (SSSR count). The molecule has 0 bridgehead atoms. The summed E-state index contributed by atoms with van der Waals surface area (Å²) in [5.74, 6) is 1.39. The van der Waals surface area contributed by atoms with Crippen molar-refractivity contribution in [3.8, 4) is 0 Å². The SMILES string of the molecule is CC(C)C1=CC2OC(C=C3Sc4ccccc4N3CCCS(=O)(=O)[O-])=CC=C2C=C1.CCOC(=O)CCC1=C2C=CC(N)=CC2OC(C=C2C=CN(C)c3ccccc32)=C1. The van der Waals surface area contributed by atoms with Gasteiger partial charge in [-0.15, -0.1) is 0 Å². The lowest BCUT2D eigenvalue weighted by Gasteiger charge is -2.29. The number of esters is 1. The van der Waals surface area contributed by atoms with Crippen LogP contribution in [-0.2, 0) is 29.1 Å². The molecule has 12 heteroatoms. The van der Waals surface area contributed by atoms with Crippen molar-refractivity contribution in [2.24, 2.45) is 11.7 Å². The number of benzene rings is 2. The number of nitrogens with zero attached hydrogens (tertiary/aromatic N) is 2. The first-order valence-electron chi connectivity index (χ1n) is 20.2. The van der Waals surface area contributed by atoms with E-state index in [9.17, 15) is 17.8 Å². The van der Waals surface area contributed by atoms with E-state index in [0.29, 0.717) is 37.6 Å². The Kier molecular flexibility index (Phi) is 13.2. The van der Waals surface area contributed by atoms with Crippen LogP contribution < -0.4 is 15.5 Å². The Bertz CT molecular complexity index is 2480. The summed E-state index contributed by atoms with van der Waals surface area (Å²) in [6, 6.07) is 16.3. The third-order valence-corrected chi connectivity index (χ3v) is 12.4. The number of carbonyl (C=O) groups excluding carboxylic acids is 1. The summed E-state index contributed by atoms with van der Waals surface area (Å²) in [6.45, 7) is 6.99. The Morgan fingerprint density at radius 1 is 0.950 bits per heavy atom. The highest BCUT2D eigenvalue weighted by Gasteiger charge is 2.28. The van der Waals surface area contributed by atoms with E-state index in [1.165, 1.54) is 5.57 Å². The van der Waals surface area contributed by atoms with E-state index in [0.717, 1.165) is 60.7 Å². The number of rotatable bonds is 11. The summed E-state index contributed by atoms with van der Waals surface area (Å²) >= 11 is 1.62. The smallest absolute Gasteiger partial charge is 0.306 e. The molecule has 2 atom stereocenters. The van der Waals surface area contributed by atoms with Crippen molar-refractivity contribution in [3.05, 3.63) is 178 Å². The van der Waals surface area contributed by atoms with Crippen molar-refractivity contribution in [2.75, 3.05) is 35.8 Å². The zero-order valence-electron chi connectivity index (χ0n) is 34.2. The van der Waals surface area contributed by atoms with Gasteiger partial charge in [-0.1, -0.05) is 80.2 Å². The van der Waals surface area contributed by atoms with Crippen molar-refractivity contribution in [1.29, 1.82) is 0 Å². The van der Waals surface area contributed by atoms with Gasteiger partial charge in [0.25, 0.3) is 0 Å². The van der Waals surface area contributed by atoms with E-state index in [1.54, 1.807) is 11.8 Å². The molecule has 0 saturated heterocycles. The summed E-state index contributed by atoms with van der Waals surface area (Å²) in [6.07, 6.45) is 27.2. The maximum atomic E-state index is 11.9. The lowest BCUT2D eigenvalue weighted by atomic mass is 9.91. The molecule has 2 aliphatic carbocycles. The molecule has 0 amide bonds. The molecule has 2 aromatic carbocycles. The number of hydrogen-bond donors (Lipinski definition) is 1. The first-order chi connectivity index (χ1) is 28.8. The Hall–Kier alpha value is -5.69. The number of thioether (sulfide) groups is 1. The molecule has 10 nitrogen and oxygen atoms in total. The topological polar surface area (TPSA) is 134 Å². The summed E-state index contributed by atoms with van der Waals surface area (Å²) < 4.78 is 50.6. The quantitative estimate of drug-likeness (QED) is 0.172. The molecule has 60 heavy (non-hydrogen) atoms. The Balaban J connectivity index is 0.000000181. The van der Waals surface area contributed by atoms with Crippen molar-refractivity contribution in [2.45, 2.75) is 57.1 Å². The van der Waals surface area contributed by atoms with Gasteiger partial charge in [0.15, 0.2) is 0 Å². The molecule has 2 aromatic rings. The molecule has 312 valence electrons. The number of fused-ring (bicyclic) bond motifs is 4. The maximum absolute atomic E-state index is 11.9. The number of ether oxygens (including phenoxy) is 3. The number of anilines is 2. The van der Waals surface area contributed by atoms with Crippen molar-refractivity contribution >= 4 is 44.8 Å². The van der Waals surface area contributed by atoms with Gasteiger partial charge in [0.1, 0.15) is 23.7 Å². The molecule has 0 spiro atoms. The minimum absolute atomic E-state index is 0.0999. The van der Waals surface area contributed by atoms with Crippen LogP contribution >= 0.6 is 11.8 Å². The van der Waals surface area contributed by atoms with Crippen LogP contribution in [0.25, 0.3) is 5.57 Å². The number of nitrogens with two attached hydrogens (primary N) is 1. The molecule has 4 aliphatic heterocycles. The lowest BCUT2D eigenvalue weighted by molar-refractivity contribution is -0.143. The summed E-state index contributed by atoms with van der Waals surface area (Å²) in [5, 5.41) is 0.960. The molecule has 0 saturated carbocycles. The van der Waals surface area contributed by atoms with Crippen LogP contribution in [-0.4, -0.2) is 57.1 Å². The van der Waals surface area contributed by atoms with Crippen LogP contribution in [0.4, 0.5) is 11.4 Å². The maximum Gasteiger partial charge on any atom is 0.306 e. The monoisotopic (exact) mass is 844 g/mol. The zero-order chi connectivity index (χ0) is 42.4. The van der Waals surface area contributed by atoms with Gasteiger partial charge in [-0.05, 0) is 114 Å². The fourth-order valence-corrected chi connectivity index (χ4v) is 9.07. The van der Waals surface area contributed by atoms with Gasteiger partial charge in [-0.25, -0.2) is 8.42 Å². The second-order valence-corrected chi connectivity index (χ2v) is 17.7. The lowest BCUT2D eigenvalue weighted by Crippen LogP contribution is -2.22. The Morgan fingerprint density at radius 2 is 1.72 bits per heavy atom. The molecule has 0 radical (unpaired) electrons. The highest BCUT2D eigenvalue weighted by molar-refractivity contribution is 8.03. The minimum atomic E-state index is -4.22. The molecular weight excluding hydrogens is 795 g/mol. The fraction of sp³-hybridized carbons (Fsp3) is 0.271. The first kappa shape index (κ1) is 42.4. The van der Waals surface area contributed by atoms with Crippen LogP contribution in [0, 0.1) is 5.92 Å². The Labute approximate surface area is 357 Å². The fourth-order valence-electron chi connectivity index (χ4n) is 7.46. The standard InChI is InChI=1S/C25H26N2O3.C23H25NO4S2/c1-3-29-25(28)11-8-17-14-20(30-24-16-19(26)9-10-22(17)24)15-18-12-13-27(2)23-7-5-4-6-21(18)23;1-16(2)18-9-8-17-10-11-19(28-21(17)14-18)15-23-24(12-5-13-30(25,26)27)20-6-3-4-7-22(20)29-23/h4-7,9-10,12-16,24H,3,8,11,26H2,1-2H3;3-4,6-11,14-16,21H,5,12-13H2,1-2H3,(H,25,26,27)/p-1. The van der Waals surface area contributed by atoms with Gasteiger partial charge < -0.3 is 34.3 Å². The predicted molar refractivity (Wildman–Crippen MR) is 239 cm³/mol. The second-order valence-electron chi connectivity index (χ2n) is 15.2. The number of para-hydroxylation sites is 2. The minimum Gasteiger partial charge on any atom is -0.748 e. The van der Waals surface area contributed by atoms with Crippen LogP contribution in [0.5, 0.6) is 0 Å². The number of hydrogen-bond acceptors (Lipinski definition) is 11. The van der Waals surface area contributed by atoms with E-state index in [4.69, 9.17) is 19.9 Å². The van der Waals surface area contributed by atoms with Crippen LogP contribution in [0.15, 0.2) is 177 Å². The van der Waals surface area contributed by atoms with Crippen LogP contribution in [0.2, 0.25) is 0 Å². The molecular formula is C48H50N3O7S2-. The largest absolute Gasteiger partial charge is 0.748 e. The van der Waals surface area contributed by atoms with Crippen LogP contribution in [0.1, 0.15) is 45.6 Å². The second kappa shape index (κ2) is 18.7. The molecule has 4 heterocycles. The summed E-state index contributed by atoms with van der Waals surface area (Å²) in [4.78, 5) is 17.2. The number of allylic oxidation sites excluding steroid dienone is 11. The van der Waals surface area contributed by atoms with E-state index in [-0.39, 0.29) is 30.4 Å². The summed E-state index contributed by atoms with van der Waals surface area (Å²) in [5.41, 5.74) is 15.6. The van der Waals surface area contributed by atoms with E-state index in [2.05, 4.69) is 66.2 Å². The van der Waals surface area contributed by atoms with Gasteiger partial charge in [0.05, 0.1) is 27.4 Å². The van der Waals surface area contributed by atoms with Crippen molar-refractivity contribution in [3.63, 3.8) is 0 Å². The average Bonchev–Trinajstić information content (AvgIpc) is 3.56. The van der Waals surface area contributed by atoms with Crippen LogP contribution in [0.3, 0.4) is 0 Å². The molecule has 0 fully saturated rings. The third-order valence-electron chi connectivity index (χ3n) is 10.5. The Morgan fingerprint density at radius 3 is 2.50 bits per heavy atom. The van der Waals surface area contributed by atoms with Crippen molar-refractivity contribution in [1.82, 2.24) is 0 Å². The van der Waals surface area contributed by atoms with Crippen molar-refractivity contribution < 1.29 is 32.0 Å².